The lowest BCUT2D eigenvalue weighted by atomic mass is 9.89. The summed E-state index contributed by atoms with van der Waals surface area (Å²) in [7, 11) is 0. The molecule has 0 radical (unpaired) electrons. The van der Waals surface area contributed by atoms with E-state index >= 15 is 0 Å². The van der Waals surface area contributed by atoms with Crippen LogP contribution in [0.25, 0.3) is 10.9 Å². The summed E-state index contributed by atoms with van der Waals surface area (Å²) in [5.41, 5.74) is 1.63. The first kappa shape index (κ1) is 15.8. The second-order valence-corrected chi connectivity index (χ2v) is 7.18. The van der Waals surface area contributed by atoms with Crippen molar-refractivity contribution >= 4 is 17.0 Å². The number of halogens is 1. The highest BCUT2D eigenvalue weighted by Gasteiger charge is 2.28. The second-order valence-electron chi connectivity index (χ2n) is 7.18. The number of aromatic amines is 1. The molecule has 1 N–H and O–H groups in total. The van der Waals surface area contributed by atoms with Crippen molar-refractivity contribution in [2.45, 2.75) is 45.1 Å². The van der Waals surface area contributed by atoms with Gasteiger partial charge in [-0.2, -0.15) is 0 Å². The second kappa shape index (κ2) is 5.87. The van der Waals surface area contributed by atoms with E-state index in [1.54, 1.807) is 17.0 Å². The normalized spacial score (nSPS) is 16.8. The van der Waals surface area contributed by atoms with Crippen molar-refractivity contribution in [1.82, 2.24) is 9.88 Å². The van der Waals surface area contributed by atoms with E-state index in [9.17, 15) is 9.18 Å². The minimum absolute atomic E-state index is 0.218. The van der Waals surface area contributed by atoms with E-state index in [-0.39, 0.29) is 11.9 Å². The number of ether oxygens (including phenoxy) is 1. The zero-order valence-electron chi connectivity index (χ0n) is 13.9. The van der Waals surface area contributed by atoms with E-state index in [1.807, 2.05) is 27.0 Å². The van der Waals surface area contributed by atoms with Crippen LogP contribution >= 0.6 is 0 Å². The molecular formula is C18H23FN2O2. The molecule has 3 rings (SSSR count). The predicted octanol–water partition coefficient (Wildman–Crippen LogP) is 4.42. The highest BCUT2D eigenvalue weighted by molar-refractivity contribution is 5.83. The van der Waals surface area contributed by atoms with Gasteiger partial charge in [0.05, 0.1) is 0 Å². The van der Waals surface area contributed by atoms with Gasteiger partial charge in [0.25, 0.3) is 0 Å². The number of benzene rings is 1. The third-order valence-electron chi connectivity index (χ3n) is 4.26. The lowest BCUT2D eigenvalue weighted by Crippen LogP contribution is -2.41. The van der Waals surface area contributed by atoms with Gasteiger partial charge in [0.2, 0.25) is 0 Å². The number of nitrogens with zero attached hydrogens (tertiary/aromatic N) is 1. The molecule has 124 valence electrons. The van der Waals surface area contributed by atoms with Gasteiger partial charge in [-0.1, -0.05) is 0 Å². The molecule has 0 aliphatic carbocycles. The first-order chi connectivity index (χ1) is 10.8. The number of carbonyl (C=O) groups excluding carboxylic acids is 1. The van der Waals surface area contributed by atoms with Crippen molar-refractivity contribution in [2.75, 3.05) is 13.1 Å². The summed E-state index contributed by atoms with van der Waals surface area (Å²) in [4.78, 5) is 17.1. The number of hydrogen-bond donors (Lipinski definition) is 1. The Hall–Kier alpha value is -2.04. The molecule has 23 heavy (non-hydrogen) atoms. The summed E-state index contributed by atoms with van der Waals surface area (Å²) >= 11 is 0. The van der Waals surface area contributed by atoms with Crippen LogP contribution in [0.1, 0.15) is 45.1 Å². The molecule has 1 amide bonds. The number of nitrogens with one attached hydrogen (secondary N) is 1. The van der Waals surface area contributed by atoms with Crippen LogP contribution in [0.5, 0.6) is 0 Å². The van der Waals surface area contributed by atoms with Crippen LogP contribution in [0, 0.1) is 5.82 Å². The third-order valence-corrected chi connectivity index (χ3v) is 4.26. The SMILES string of the molecule is CC(C)(C)OC(=O)N1CCC(c2c[nH]c3ccc(F)cc23)CC1. The molecule has 5 heteroatoms. The molecule has 1 saturated heterocycles. The maximum absolute atomic E-state index is 13.5. The standard InChI is InChI=1S/C18H23FN2O2/c1-18(2,3)23-17(22)21-8-6-12(7-9-21)15-11-20-16-5-4-13(19)10-14(15)16/h4-5,10-12,20H,6-9H2,1-3H3. The summed E-state index contributed by atoms with van der Waals surface area (Å²) in [5, 5.41) is 0.945. The molecule has 1 aliphatic rings. The molecule has 2 aromatic rings. The summed E-state index contributed by atoms with van der Waals surface area (Å²) in [6.07, 6.45) is 3.45. The highest BCUT2D eigenvalue weighted by Crippen LogP contribution is 2.33. The molecule has 0 spiro atoms. The Morgan fingerprint density at radius 3 is 2.65 bits per heavy atom. The Bertz CT molecular complexity index is 709. The van der Waals surface area contributed by atoms with Gasteiger partial charge in [-0.3, -0.25) is 0 Å². The number of likely N-dealkylation sites (tertiary alicyclic amines) is 1. The number of carbonyl (C=O) groups is 1. The molecule has 0 bridgehead atoms. The molecule has 1 aromatic heterocycles. The van der Waals surface area contributed by atoms with Gasteiger partial charge < -0.3 is 14.6 Å². The van der Waals surface area contributed by atoms with Gasteiger partial charge in [-0.05, 0) is 63.3 Å². The monoisotopic (exact) mass is 318 g/mol. The van der Waals surface area contributed by atoms with Crippen molar-refractivity contribution in [3.63, 3.8) is 0 Å². The average Bonchev–Trinajstić information content (AvgIpc) is 2.88. The smallest absolute Gasteiger partial charge is 0.410 e. The van der Waals surface area contributed by atoms with E-state index in [4.69, 9.17) is 4.74 Å². The lowest BCUT2D eigenvalue weighted by molar-refractivity contribution is 0.0205. The Labute approximate surface area is 135 Å². The average molecular weight is 318 g/mol. The predicted molar refractivity (Wildman–Crippen MR) is 88.0 cm³/mol. The number of amides is 1. The Kier molecular flexibility index (Phi) is 4.04. The fourth-order valence-corrected chi connectivity index (χ4v) is 3.15. The number of H-pyrrole nitrogens is 1. The summed E-state index contributed by atoms with van der Waals surface area (Å²) in [6, 6.07) is 4.82. The number of piperidine rings is 1. The minimum atomic E-state index is -0.470. The molecule has 1 aliphatic heterocycles. The topological polar surface area (TPSA) is 45.3 Å². The quantitative estimate of drug-likeness (QED) is 0.846. The lowest BCUT2D eigenvalue weighted by Gasteiger charge is -2.33. The van der Waals surface area contributed by atoms with Gasteiger partial charge in [0.15, 0.2) is 0 Å². The van der Waals surface area contributed by atoms with E-state index in [0.29, 0.717) is 19.0 Å². The van der Waals surface area contributed by atoms with Crippen molar-refractivity contribution < 1.29 is 13.9 Å². The first-order valence-electron chi connectivity index (χ1n) is 8.08. The summed E-state index contributed by atoms with van der Waals surface area (Å²) < 4.78 is 18.9. The van der Waals surface area contributed by atoms with E-state index in [1.165, 1.54) is 6.07 Å². The summed E-state index contributed by atoms with van der Waals surface area (Å²) in [5.74, 6) is 0.119. The maximum Gasteiger partial charge on any atom is 0.410 e. The van der Waals surface area contributed by atoms with Crippen molar-refractivity contribution in [3.8, 4) is 0 Å². The van der Waals surface area contributed by atoms with Gasteiger partial charge >= 0.3 is 6.09 Å². The Morgan fingerprint density at radius 2 is 2.00 bits per heavy atom. The van der Waals surface area contributed by atoms with Crippen LogP contribution in [-0.2, 0) is 4.74 Å². The van der Waals surface area contributed by atoms with Crippen LogP contribution in [-0.4, -0.2) is 34.7 Å². The summed E-state index contributed by atoms with van der Waals surface area (Å²) in [6.45, 7) is 6.96. The van der Waals surface area contributed by atoms with Crippen LogP contribution in [0.15, 0.2) is 24.4 Å². The fraction of sp³-hybridized carbons (Fsp3) is 0.500. The van der Waals surface area contributed by atoms with Gasteiger partial charge in [0, 0.05) is 30.2 Å². The van der Waals surface area contributed by atoms with Crippen LogP contribution < -0.4 is 0 Å². The first-order valence-corrected chi connectivity index (χ1v) is 8.08. The number of fused-ring (bicyclic) bond motifs is 1. The molecule has 0 saturated carbocycles. The fourth-order valence-electron chi connectivity index (χ4n) is 3.15. The van der Waals surface area contributed by atoms with Gasteiger partial charge in [-0.15, -0.1) is 0 Å². The Morgan fingerprint density at radius 1 is 1.30 bits per heavy atom. The van der Waals surface area contributed by atoms with Crippen LogP contribution in [0.2, 0.25) is 0 Å². The van der Waals surface area contributed by atoms with E-state index in [2.05, 4.69) is 4.98 Å². The van der Waals surface area contributed by atoms with Crippen molar-refractivity contribution in [2.24, 2.45) is 0 Å². The molecule has 1 fully saturated rings. The molecular weight excluding hydrogens is 295 g/mol. The molecule has 2 heterocycles. The number of rotatable bonds is 1. The van der Waals surface area contributed by atoms with Gasteiger partial charge in [-0.25, -0.2) is 9.18 Å². The zero-order chi connectivity index (χ0) is 16.6. The maximum atomic E-state index is 13.5. The van der Waals surface area contributed by atoms with Gasteiger partial charge in [0.1, 0.15) is 11.4 Å². The van der Waals surface area contributed by atoms with Crippen LogP contribution in [0.4, 0.5) is 9.18 Å². The third kappa shape index (κ3) is 3.49. The largest absolute Gasteiger partial charge is 0.444 e. The molecule has 0 atom stereocenters. The zero-order valence-corrected chi connectivity index (χ0v) is 13.9. The molecule has 0 unspecified atom stereocenters. The minimum Gasteiger partial charge on any atom is -0.444 e. The van der Waals surface area contributed by atoms with Crippen molar-refractivity contribution in [3.05, 3.63) is 35.8 Å². The molecule has 4 nitrogen and oxygen atoms in total. The van der Waals surface area contributed by atoms with E-state index < -0.39 is 5.60 Å². The van der Waals surface area contributed by atoms with Crippen LogP contribution in [0.3, 0.4) is 0 Å². The number of hydrogen-bond acceptors (Lipinski definition) is 2. The molecule has 1 aromatic carbocycles. The van der Waals surface area contributed by atoms with E-state index in [0.717, 1.165) is 29.3 Å². The highest BCUT2D eigenvalue weighted by atomic mass is 19.1. The Balaban J connectivity index is 1.69. The van der Waals surface area contributed by atoms with Crippen molar-refractivity contribution in [1.29, 1.82) is 0 Å². The number of aromatic nitrogens is 1.